The van der Waals surface area contributed by atoms with Gasteiger partial charge in [0.25, 0.3) is 0 Å². The minimum Gasteiger partial charge on any atom is -0.480 e. The van der Waals surface area contributed by atoms with Crippen LogP contribution in [0.1, 0.15) is 5.69 Å². The number of aromatic nitrogens is 1. The maximum absolute atomic E-state index is 8.44. The number of pyridine rings is 1. The Balaban J connectivity index is 3.15. The van der Waals surface area contributed by atoms with E-state index in [2.05, 4.69) is 4.98 Å². The molecule has 0 aliphatic carbocycles. The van der Waals surface area contributed by atoms with Gasteiger partial charge in [0.1, 0.15) is 16.8 Å². The molecule has 0 aliphatic rings. The molecular weight excluding hydrogens is 164 g/mol. The molecule has 0 aromatic carbocycles. The van der Waals surface area contributed by atoms with Crippen molar-refractivity contribution >= 4 is 11.6 Å². The molecule has 0 amide bonds. The Morgan fingerprint density at radius 1 is 1.64 bits per heavy atom. The Morgan fingerprint density at radius 2 is 2.36 bits per heavy atom. The molecule has 56 valence electrons. The number of ether oxygens (including phenoxy) is 1. The molecule has 1 aromatic rings. The predicted octanol–water partition coefficient (Wildman–Crippen LogP) is 1.62. The molecule has 0 N–H and O–H groups in total. The zero-order valence-electron chi connectivity index (χ0n) is 5.84. The second-order valence-corrected chi connectivity index (χ2v) is 2.21. The number of methoxy groups -OCH3 is 1. The van der Waals surface area contributed by atoms with Gasteiger partial charge in [-0.05, 0) is 12.1 Å². The topological polar surface area (TPSA) is 45.9 Å². The Morgan fingerprint density at radius 3 is 2.91 bits per heavy atom. The van der Waals surface area contributed by atoms with Crippen LogP contribution in [0.25, 0.3) is 0 Å². The van der Waals surface area contributed by atoms with E-state index in [1.54, 1.807) is 6.07 Å². The molecule has 1 rings (SSSR count). The third kappa shape index (κ3) is 1.60. The number of hydrogen-bond donors (Lipinski definition) is 0. The molecule has 0 saturated carbocycles. The summed E-state index contributed by atoms with van der Waals surface area (Å²) in [4.78, 5) is 3.79. The van der Waals surface area contributed by atoms with Crippen LogP contribution < -0.4 is 4.74 Å². The smallest absolute Gasteiger partial charge is 0.233 e. The number of rotatable bonds is 1. The molecule has 0 atom stereocenters. The van der Waals surface area contributed by atoms with E-state index in [0.29, 0.717) is 10.7 Å². The van der Waals surface area contributed by atoms with Crippen LogP contribution in [0.4, 0.5) is 0 Å². The van der Waals surface area contributed by atoms with Crippen molar-refractivity contribution in [3.8, 4) is 11.9 Å². The zero-order valence-corrected chi connectivity index (χ0v) is 6.59. The lowest BCUT2D eigenvalue weighted by atomic mass is 10.4. The number of hydrogen-bond acceptors (Lipinski definition) is 3. The Bertz CT molecular complexity index is 306. The SMILES string of the molecule is COc1nc(C#N)ccc1Cl. The fourth-order valence-corrected chi connectivity index (χ4v) is 0.811. The summed E-state index contributed by atoms with van der Waals surface area (Å²) in [6.07, 6.45) is 0. The minimum atomic E-state index is 0.283. The van der Waals surface area contributed by atoms with Crippen molar-refractivity contribution < 1.29 is 4.74 Å². The molecule has 0 fully saturated rings. The normalized spacial score (nSPS) is 8.82. The van der Waals surface area contributed by atoms with Gasteiger partial charge in [0.2, 0.25) is 5.88 Å². The van der Waals surface area contributed by atoms with E-state index in [1.165, 1.54) is 13.2 Å². The van der Waals surface area contributed by atoms with Gasteiger partial charge in [-0.1, -0.05) is 11.6 Å². The van der Waals surface area contributed by atoms with Gasteiger partial charge in [0, 0.05) is 0 Å². The highest BCUT2D eigenvalue weighted by Gasteiger charge is 2.01. The quantitative estimate of drug-likeness (QED) is 0.640. The summed E-state index contributed by atoms with van der Waals surface area (Å²) in [6, 6.07) is 4.99. The van der Waals surface area contributed by atoms with E-state index in [9.17, 15) is 0 Å². The van der Waals surface area contributed by atoms with Gasteiger partial charge in [-0.3, -0.25) is 0 Å². The second-order valence-electron chi connectivity index (χ2n) is 1.80. The number of halogens is 1. The highest BCUT2D eigenvalue weighted by molar-refractivity contribution is 6.31. The fourth-order valence-electron chi connectivity index (χ4n) is 0.629. The van der Waals surface area contributed by atoms with Gasteiger partial charge in [0.15, 0.2) is 0 Å². The summed E-state index contributed by atoms with van der Waals surface area (Å²) in [7, 11) is 1.45. The average molecular weight is 169 g/mol. The van der Waals surface area contributed by atoms with Crippen LogP contribution >= 0.6 is 11.6 Å². The summed E-state index contributed by atoms with van der Waals surface area (Å²) >= 11 is 5.66. The molecule has 0 spiro atoms. The van der Waals surface area contributed by atoms with Crippen molar-refractivity contribution in [3.05, 3.63) is 22.8 Å². The molecule has 11 heavy (non-hydrogen) atoms. The van der Waals surface area contributed by atoms with Gasteiger partial charge in [0.05, 0.1) is 7.11 Å². The molecule has 1 aromatic heterocycles. The van der Waals surface area contributed by atoms with Crippen LogP contribution in [-0.2, 0) is 0 Å². The van der Waals surface area contributed by atoms with Crippen LogP contribution in [0.2, 0.25) is 5.02 Å². The monoisotopic (exact) mass is 168 g/mol. The van der Waals surface area contributed by atoms with Crippen molar-refractivity contribution in [2.24, 2.45) is 0 Å². The van der Waals surface area contributed by atoms with Crippen LogP contribution in [0.3, 0.4) is 0 Å². The van der Waals surface area contributed by atoms with E-state index in [4.69, 9.17) is 21.6 Å². The fraction of sp³-hybridized carbons (Fsp3) is 0.143. The molecule has 0 saturated heterocycles. The summed E-state index contributed by atoms with van der Waals surface area (Å²) < 4.78 is 4.79. The molecule has 3 nitrogen and oxygen atoms in total. The molecule has 4 heteroatoms. The average Bonchev–Trinajstić information content (AvgIpc) is 2.05. The van der Waals surface area contributed by atoms with Crippen molar-refractivity contribution in [2.75, 3.05) is 7.11 Å². The first-order chi connectivity index (χ1) is 5.27. The summed E-state index contributed by atoms with van der Waals surface area (Å²) in [5, 5.41) is 8.85. The molecule has 1 heterocycles. The van der Waals surface area contributed by atoms with Gasteiger partial charge < -0.3 is 4.74 Å². The third-order valence-electron chi connectivity index (χ3n) is 1.12. The lowest BCUT2D eigenvalue weighted by molar-refractivity contribution is 0.398. The lowest BCUT2D eigenvalue weighted by Crippen LogP contribution is -1.90. The Kier molecular flexibility index (Phi) is 2.29. The third-order valence-corrected chi connectivity index (χ3v) is 1.41. The molecule has 0 bridgehead atoms. The molecule has 0 unspecified atom stereocenters. The summed E-state index contributed by atoms with van der Waals surface area (Å²) in [5.41, 5.74) is 0.297. The van der Waals surface area contributed by atoms with Crippen molar-refractivity contribution in [3.63, 3.8) is 0 Å². The van der Waals surface area contributed by atoms with Crippen molar-refractivity contribution in [2.45, 2.75) is 0 Å². The molecule has 0 radical (unpaired) electrons. The Labute approximate surface area is 69.2 Å². The first kappa shape index (κ1) is 7.83. The van der Waals surface area contributed by atoms with Crippen LogP contribution in [0.15, 0.2) is 12.1 Å². The van der Waals surface area contributed by atoms with E-state index in [0.717, 1.165) is 0 Å². The van der Waals surface area contributed by atoms with Crippen molar-refractivity contribution in [1.82, 2.24) is 4.98 Å². The molecule has 0 aliphatic heterocycles. The first-order valence-electron chi connectivity index (χ1n) is 2.88. The van der Waals surface area contributed by atoms with Crippen LogP contribution in [0.5, 0.6) is 5.88 Å². The Hall–Kier alpha value is -1.27. The van der Waals surface area contributed by atoms with Gasteiger partial charge in [-0.15, -0.1) is 0 Å². The molecular formula is C7H5ClN2O. The predicted molar refractivity (Wildman–Crippen MR) is 40.5 cm³/mol. The number of nitrogens with zero attached hydrogens (tertiary/aromatic N) is 2. The van der Waals surface area contributed by atoms with Crippen LogP contribution in [-0.4, -0.2) is 12.1 Å². The van der Waals surface area contributed by atoms with Gasteiger partial charge in [-0.25, -0.2) is 4.98 Å². The maximum Gasteiger partial charge on any atom is 0.233 e. The zero-order chi connectivity index (χ0) is 8.27. The van der Waals surface area contributed by atoms with E-state index in [1.807, 2.05) is 6.07 Å². The van der Waals surface area contributed by atoms with E-state index in [-0.39, 0.29) is 5.88 Å². The van der Waals surface area contributed by atoms with E-state index >= 15 is 0 Å². The maximum atomic E-state index is 8.44. The van der Waals surface area contributed by atoms with E-state index < -0.39 is 0 Å². The van der Waals surface area contributed by atoms with Gasteiger partial charge in [-0.2, -0.15) is 5.26 Å². The van der Waals surface area contributed by atoms with Crippen molar-refractivity contribution in [1.29, 1.82) is 5.26 Å². The standard InChI is InChI=1S/C7H5ClN2O/c1-11-7-6(8)3-2-5(4-9)10-7/h2-3H,1H3. The summed E-state index contributed by atoms with van der Waals surface area (Å²) in [6.45, 7) is 0. The highest BCUT2D eigenvalue weighted by Crippen LogP contribution is 2.20. The van der Waals surface area contributed by atoms with Crippen LogP contribution in [0, 0.1) is 11.3 Å². The second kappa shape index (κ2) is 3.22. The summed E-state index contributed by atoms with van der Waals surface area (Å²) in [5.74, 6) is 0.283. The lowest BCUT2D eigenvalue weighted by Gasteiger charge is -1.99. The highest BCUT2D eigenvalue weighted by atomic mass is 35.5. The largest absolute Gasteiger partial charge is 0.480 e. The van der Waals surface area contributed by atoms with Gasteiger partial charge >= 0.3 is 0 Å². The first-order valence-corrected chi connectivity index (χ1v) is 3.26. The number of nitriles is 1. The minimum absolute atomic E-state index is 0.283.